The maximum absolute atomic E-state index is 13.2. The normalized spacial score (nSPS) is 19.5. The van der Waals surface area contributed by atoms with Crippen LogP contribution in [0.15, 0.2) is 56.6 Å². The Morgan fingerprint density at radius 3 is 2.55 bits per heavy atom. The van der Waals surface area contributed by atoms with Crippen LogP contribution in [0, 0.1) is 11.8 Å². The van der Waals surface area contributed by atoms with Gasteiger partial charge in [-0.2, -0.15) is 4.31 Å². The summed E-state index contributed by atoms with van der Waals surface area (Å²) in [6.07, 6.45) is 0.986. The van der Waals surface area contributed by atoms with Crippen molar-refractivity contribution in [2.24, 2.45) is 11.8 Å². The molecule has 3 aromatic rings. The minimum Gasteiger partial charge on any atom is -0.495 e. The molecule has 2 atom stereocenters. The number of ether oxygens (including phenoxy) is 1. The van der Waals surface area contributed by atoms with Crippen molar-refractivity contribution in [1.82, 2.24) is 8.87 Å². The van der Waals surface area contributed by atoms with E-state index in [1.165, 1.54) is 34.2 Å². The number of para-hydroxylation sites is 2. The van der Waals surface area contributed by atoms with Gasteiger partial charge in [-0.3, -0.25) is 9.36 Å². The van der Waals surface area contributed by atoms with Crippen molar-refractivity contribution < 1.29 is 22.4 Å². The third-order valence-corrected chi connectivity index (χ3v) is 7.62. The molecule has 1 amide bonds. The van der Waals surface area contributed by atoms with Crippen LogP contribution in [0.5, 0.6) is 5.75 Å². The molecule has 1 saturated heterocycles. The van der Waals surface area contributed by atoms with Crippen LogP contribution in [-0.2, 0) is 21.4 Å². The molecule has 1 aliphatic heterocycles. The standard InChI is InChI=1S/C23H27N3O6S/c1-15-10-16(2)13-25(12-15)33(29,30)17-8-9-19-21(11-17)32-23(28)26(19)14-22(27)24-18-6-4-5-7-20(18)31-3/h4-9,11,15-16H,10,12-14H2,1-3H3,(H,24,27). The summed E-state index contributed by atoms with van der Waals surface area (Å²) in [7, 11) is -2.23. The number of carbonyl (C=O) groups excluding carboxylic acids is 1. The van der Waals surface area contributed by atoms with Crippen LogP contribution < -0.4 is 15.8 Å². The molecular formula is C23H27N3O6S. The highest BCUT2D eigenvalue weighted by molar-refractivity contribution is 7.89. The van der Waals surface area contributed by atoms with Crippen molar-refractivity contribution in [3.05, 3.63) is 53.0 Å². The first-order valence-corrected chi connectivity index (χ1v) is 12.2. The smallest absolute Gasteiger partial charge is 0.420 e. The maximum Gasteiger partial charge on any atom is 0.420 e. The van der Waals surface area contributed by atoms with E-state index in [1.807, 2.05) is 13.8 Å². The Morgan fingerprint density at radius 1 is 1.15 bits per heavy atom. The number of anilines is 1. The number of fused-ring (bicyclic) bond motifs is 1. The van der Waals surface area contributed by atoms with Gasteiger partial charge in [0, 0.05) is 19.2 Å². The second-order valence-electron chi connectivity index (χ2n) is 8.60. The second kappa shape index (κ2) is 9.03. The highest BCUT2D eigenvalue weighted by atomic mass is 32.2. The van der Waals surface area contributed by atoms with Gasteiger partial charge in [0.15, 0.2) is 5.58 Å². The summed E-state index contributed by atoms with van der Waals surface area (Å²) >= 11 is 0. The molecule has 4 rings (SSSR count). The van der Waals surface area contributed by atoms with E-state index in [0.29, 0.717) is 30.0 Å². The summed E-state index contributed by atoms with van der Waals surface area (Å²) in [5, 5.41) is 2.71. The second-order valence-corrected chi connectivity index (χ2v) is 10.5. The molecule has 1 aliphatic rings. The number of amides is 1. The number of benzene rings is 2. The van der Waals surface area contributed by atoms with Gasteiger partial charge in [-0.1, -0.05) is 26.0 Å². The molecule has 0 radical (unpaired) electrons. The third-order valence-electron chi connectivity index (χ3n) is 5.80. The summed E-state index contributed by atoms with van der Waals surface area (Å²) in [5.41, 5.74) is 0.933. The van der Waals surface area contributed by atoms with Crippen molar-refractivity contribution in [1.29, 1.82) is 0 Å². The first-order valence-electron chi connectivity index (χ1n) is 10.8. The van der Waals surface area contributed by atoms with Crippen LogP contribution in [0.4, 0.5) is 5.69 Å². The fraction of sp³-hybridized carbons (Fsp3) is 0.391. The number of aromatic nitrogens is 1. The van der Waals surface area contributed by atoms with Crippen LogP contribution in [-0.4, -0.2) is 43.4 Å². The Labute approximate surface area is 192 Å². The van der Waals surface area contributed by atoms with Gasteiger partial charge in [0.05, 0.1) is 23.2 Å². The van der Waals surface area contributed by atoms with Crippen molar-refractivity contribution in [2.45, 2.75) is 31.7 Å². The topological polar surface area (TPSA) is 111 Å². The van der Waals surface area contributed by atoms with Crippen LogP contribution in [0.3, 0.4) is 0 Å². The molecule has 10 heteroatoms. The van der Waals surface area contributed by atoms with Gasteiger partial charge in [-0.15, -0.1) is 0 Å². The van der Waals surface area contributed by atoms with E-state index in [0.717, 1.165) is 6.42 Å². The predicted octanol–water partition coefficient (Wildman–Crippen LogP) is 2.91. The molecule has 0 aliphatic carbocycles. The number of oxazole rings is 1. The molecule has 2 unspecified atom stereocenters. The molecule has 2 heterocycles. The molecule has 9 nitrogen and oxygen atoms in total. The molecule has 1 N–H and O–H groups in total. The van der Waals surface area contributed by atoms with Crippen molar-refractivity contribution in [3.63, 3.8) is 0 Å². The van der Waals surface area contributed by atoms with E-state index in [9.17, 15) is 18.0 Å². The third kappa shape index (κ3) is 4.67. The lowest BCUT2D eigenvalue weighted by Gasteiger charge is -2.34. The number of piperidine rings is 1. The Hall–Kier alpha value is -3.11. The number of methoxy groups -OCH3 is 1. The Kier molecular flexibility index (Phi) is 6.31. The van der Waals surface area contributed by atoms with Gasteiger partial charge < -0.3 is 14.5 Å². The maximum atomic E-state index is 13.2. The number of nitrogens with one attached hydrogen (secondary N) is 1. The fourth-order valence-electron chi connectivity index (χ4n) is 4.39. The quantitative estimate of drug-likeness (QED) is 0.589. The molecule has 2 aromatic carbocycles. The summed E-state index contributed by atoms with van der Waals surface area (Å²) in [4.78, 5) is 25.1. The molecule has 176 valence electrons. The van der Waals surface area contributed by atoms with E-state index in [4.69, 9.17) is 9.15 Å². The van der Waals surface area contributed by atoms with Crippen LogP contribution in [0.2, 0.25) is 0 Å². The molecule has 1 aromatic heterocycles. The lowest BCUT2D eigenvalue weighted by atomic mass is 9.94. The van der Waals surface area contributed by atoms with Crippen LogP contribution in [0.25, 0.3) is 11.1 Å². The number of nitrogens with zero attached hydrogens (tertiary/aromatic N) is 2. The number of sulfonamides is 1. The van der Waals surface area contributed by atoms with Gasteiger partial charge in [0.25, 0.3) is 0 Å². The molecule has 0 spiro atoms. The molecule has 0 bridgehead atoms. The van der Waals surface area contributed by atoms with Gasteiger partial charge in [-0.05, 0) is 42.5 Å². The van der Waals surface area contributed by atoms with Gasteiger partial charge in [-0.25, -0.2) is 13.2 Å². The highest BCUT2D eigenvalue weighted by Crippen LogP contribution is 2.28. The Bertz CT molecular complexity index is 1330. The lowest BCUT2D eigenvalue weighted by molar-refractivity contribution is -0.116. The Balaban J connectivity index is 1.59. The SMILES string of the molecule is COc1ccccc1NC(=O)Cn1c(=O)oc2cc(S(=O)(=O)N3CC(C)CC(C)C3)ccc21. The van der Waals surface area contributed by atoms with Gasteiger partial charge >= 0.3 is 5.76 Å². The first-order chi connectivity index (χ1) is 15.7. The average molecular weight is 474 g/mol. The van der Waals surface area contributed by atoms with Gasteiger partial charge in [0.2, 0.25) is 15.9 Å². The van der Waals surface area contributed by atoms with E-state index < -0.39 is 21.7 Å². The molecular weight excluding hydrogens is 446 g/mol. The number of rotatable bonds is 6. The molecule has 33 heavy (non-hydrogen) atoms. The predicted molar refractivity (Wildman–Crippen MR) is 124 cm³/mol. The lowest BCUT2D eigenvalue weighted by Crippen LogP contribution is -2.42. The van der Waals surface area contributed by atoms with E-state index >= 15 is 0 Å². The van der Waals surface area contributed by atoms with E-state index in [2.05, 4.69) is 5.32 Å². The molecule has 0 saturated carbocycles. The largest absolute Gasteiger partial charge is 0.495 e. The summed E-state index contributed by atoms with van der Waals surface area (Å²) in [6, 6.07) is 11.2. The van der Waals surface area contributed by atoms with E-state index in [-0.39, 0.29) is 28.9 Å². The summed E-state index contributed by atoms with van der Waals surface area (Å²) in [6.45, 7) is 4.70. The molecule has 1 fully saturated rings. The van der Waals surface area contributed by atoms with E-state index in [1.54, 1.807) is 24.3 Å². The van der Waals surface area contributed by atoms with Crippen LogP contribution in [0.1, 0.15) is 20.3 Å². The zero-order chi connectivity index (χ0) is 23.8. The minimum absolute atomic E-state index is 0.0654. The summed E-state index contributed by atoms with van der Waals surface area (Å²) in [5.74, 6) is -0.153. The number of hydrogen-bond acceptors (Lipinski definition) is 6. The van der Waals surface area contributed by atoms with Crippen molar-refractivity contribution in [3.8, 4) is 5.75 Å². The number of carbonyl (C=O) groups is 1. The monoisotopic (exact) mass is 473 g/mol. The zero-order valence-corrected chi connectivity index (χ0v) is 19.6. The Morgan fingerprint density at radius 2 is 1.85 bits per heavy atom. The highest BCUT2D eigenvalue weighted by Gasteiger charge is 2.32. The van der Waals surface area contributed by atoms with Crippen molar-refractivity contribution in [2.75, 3.05) is 25.5 Å². The first kappa shape index (κ1) is 23.1. The average Bonchev–Trinajstić information content (AvgIpc) is 3.07. The fourth-order valence-corrected chi connectivity index (χ4v) is 6.08. The van der Waals surface area contributed by atoms with Crippen molar-refractivity contribution >= 4 is 32.7 Å². The zero-order valence-electron chi connectivity index (χ0n) is 18.8. The van der Waals surface area contributed by atoms with Crippen LogP contribution >= 0.6 is 0 Å². The number of hydrogen-bond donors (Lipinski definition) is 1. The van der Waals surface area contributed by atoms with Gasteiger partial charge in [0.1, 0.15) is 12.3 Å². The minimum atomic E-state index is -3.73. The summed E-state index contributed by atoms with van der Waals surface area (Å²) < 4.78 is 39.5.